The van der Waals surface area contributed by atoms with E-state index < -0.39 is 11.9 Å². The summed E-state index contributed by atoms with van der Waals surface area (Å²) in [5.74, 6) is 0.250. The minimum atomic E-state index is -0.506. The maximum Gasteiger partial charge on any atom is 0.321 e. The number of nitrogens with one attached hydrogen (secondary N) is 3. The van der Waals surface area contributed by atoms with Gasteiger partial charge >= 0.3 is 6.03 Å². The van der Waals surface area contributed by atoms with Gasteiger partial charge in [-0.15, -0.1) is 5.10 Å². The molecule has 22 heavy (non-hydrogen) atoms. The first kappa shape index (κ1) is 16.0. The number of aromatic nitrogens is 4. The van der Waals surface area contributed by atoms with Crippen LogP contribution in [-0.2, 0) is 4.79 Å². The van der Waals surface area contributed by atoms with E-state index >= 15 is 0 Å². The van der Waals surface area contributed by atoms with Crippen LogP contribution in [0, 0.1) is 0 Å². The van der Waals surface area contributed by atoms with Crippen LogP contribution in [0.15, 0.2) is 29.7 Å². The zero-order valence-corrected chi connectivity index (χ0v) is 13.0. The number of nitrogens with zero attached hydrogens (tertiary/aromatic N) is 3. The predicted octanol–water partition coefficient (Wildman–Crippen LogP) is 1.19. The molecule has 3 N–H and O–H groups in total. The van der Waals surface area contributed by atoms with Crippen LogP contribution in [0.2, 0.25) is 0 Å². The van der Waals surface area contributed by atoms with Crippen molar-refractivity contribution in [3.63, 3.8) is 0 Å². The Balaban J connectivity index is 1.84. The average molecular weight is 320 g/mol. The number of carbonyl (C=O) groups excluding carboxylic acids is 2. The summed E-state index contributed by atoms with van der Waals surface area (Å²) in [7, 11) is 0. The number of aromatic amines is 1. The first-order chi connectivity index (χ1) is 10.5. The molecule has 0 fully saturated rings. The summed E-state index contributed by atoms with van der Waals surface area (Å²) in [6.45, 7) is 3.63. The lowest BCUT2D eigenvalue weighted by atomic mass is 10.3. The lowest BCUT2D eigenvalue weighted by Gasteiger charge is -2.08. The topological polar surface area (TPSA) is 113 Å². The smallest absolute Gasteiger partial charge is 0.321 e. The lowest BCUT2D eigenvalue weighted by molar-refractivity contribution is -0.117. The van der Waals surface area contributed by atoms with Gasteiger partial charge in [-0.1, -0.05) is 11.8 Å². The van der Waals surface area contributed by atoms with Gasteiger partial charge in [0.1, 0.15) is 0 Å². The quantitative estimate of drug-likeness (QED) is 0.713. The Morgan fingerprint density at radius 3 is 2.73 bits per heavy atom. The van der Waals surface area contributed by atoms with Gasteiger partial charge in [-0.25, -0.2) is 9.78 Å². The van der Waals surface area contributed by atoms with Crippen LogP contribution in [0.3, 0.4) is 0 Å². The molecule has 9 heteroatoms. The molecule has 0 aromatic carbocycles. The van der Waals surface area contributed by atoms with Gasteiger partial charge in [-0.2, -0.15) is 0 Å². The summed E-state index contributed by atoms with van der Waals surface area (Å²) in [5.41, 5.74) is 0.857. The summed E-state index contributed by atoms with van der Waals surface area (Å²) < 4.78 is 0. The summed E-state index contributed by atoms with van der Waals surface area (Å²) >= 11 is 1.14. The Labute approximate surface area is 131 Å². The average Bonchev–Trinajstić information content (AvgIpc) is 2.94. The van der Waals surface area contributed by atoms with Crippen molar-refractivity contribution in [2.75, 3.05) is 5.75 Å². The van der Waals surface area contributed by atoms with Crippen LogP contribution in [0.25, 0.3) is 11.4 Å². The number of imide groups is 1. The van der Waals surface area contributed by atoms with E-state index in [1.54, 1.807) is 24.5 Å². The molecule has 2 aromatic rings. The second kappa shape index (κ2) is 7.55. The molecule has 0 radical (unpaired) electrons. The highest BCUT2D eigenvalue weighted by atomic mass is 32.2. The van der Waals surface area contributed by atoms with E-state index in [4.69, 9.17) is 0 Å². The van der Waals surface area contributed by atoms with E-state index in [0.29, 0.717) is 11.0 Å². The van der Waals surface area contributed by atoms with Crippen LogP contribution in [0.4, 0.5) is 4.79 Å². The molecule has 2 aromatic heterocycles. The second-order valence-electron chi connectivity index (χ2n) is 4.67. The Morgan fingerprint density at radius 1 is 1.32 bits per heavy atom. The third-order valence-electron chi connectivity index (χ3n) is 2.42. The zero-order chi connectivity index (χ0) is 15.9. The normalized spacial score (nSPS) is 10.5. The molecular formula is C13H16N6O2S. The monoisotopic (exact) mass is 320 g/mol. The van der Waals surface area contributed by atoms with Gasteiger partial charge in [0.15, 0.2) is 5.82 Å². The minimum absolute atomic E-state index is 0.0311. The summed E-state index contributed by atoms with van der Waals surface area (Å²) in [6.07, 6.45) is 3.32. The fourth-order valence-corrected chi connectivity index (χ4v) is 2.14. The van der Waals surface area contributed by atoms with Crippen molar-refractivity contribution in [3.8, 4) is 11.4 Å². The van der Waals surface area contributed by atoms with Crippen molar-refractivity contribution in [3.05, 3.63) is 24.5 Å². The molecule has 0 spiro atoms. The minimum Gasteiger partial charge on any atom is -0.336 e. The van der Waals surface area contributed by atoms with Crippen molar-refractivity contribution < 1.29 is 9.59 Å². The number of urea groups is 1. The number of hydrogen-bond donors (Lipinski definition) is 3. The lowest BCUT2D eigenvalue weighted by Crippen LogP contribution is -2.43. The predicted molar refractivity (Wildman–Crippen MR) is 82.1 cm³/mol. The van der Waals surface area contributed by atoms with Crippen molar-refractivity contribution in [2.24, 2.45) is 0 Å². The standard InChI is InChI=1S/C13H16N6O2S/c1-8(2)15-12(21)16-10(20)7-22-13-17-11(18-19-13)9-3-5-14-6-4-9/h3-6,8H,7H2,1-2H3,(H,17,18,19)(H2,15,16,20,21). The highest BCUT2D eigenvalue weighted by Gasteiger charge is 2.11. The number of amides is 3. The van der Waals surface area contributed by atoms with E-state index in [9.17, 15) is 9.59 Å². The fraction of sp³-hybridized carbons (Fsp3) is 0.308. The third kappa shape index (κ3) is 4.85. The fourth-order valence-electron chi connectivity index (χ4n) is 1.54. The Morgan fingerprint density at radius 2 is 2.05 bits per heavy atom. The number of thioether (sulfide) groups is 1. The summed E-state index contributed by atoms with van der Waals surface area (Å²) in [4.78, 5) is 31.2. The maximum atomic E-state index is 11.6. The molecular weight excluding hydrogens is 304 g/mol. The van der Waals surface area contributed by atoms with E-state index in [1.807, 2.05) is 13.8 Å². The molecule has 0 saturated carbocycles. The van der Waals surface area contributed by atoms with Crippen LogP contribution < -0.4 is 10.6 Å². The van der Waals surface area contributed by atoms with Crippen molar-refractivity contribution in [2.45, 2.75) is 25.0 Å². The molecule has 0 bridgehead atoms. The highest BCUT2D eigenvalue weighted by molar-refractivity contribution is 7.99. The van der Waals surface area contributed by atoms with Gasteiger partial charge in [0.05, 0.1) is 5.75 Å². The molecule has 0 saturated heterocycles. The summed E-state index contributed by atoms with van der Waals surface area (Å²) in [5, 5.41) is 12.1. The Kier molecular flexibility index (Phi) is 5.48. The van der Waals surface area contributed by atoms with Crippen LogP contribution in [0.5, 0.6) is 0 Å². The molecule has 0 aliphatic rings. The third-order valence-corrected chi connectivity index (χ3v) is 3.27. The molecule has 2 heterocycles. The SMILES string of the molecule is CC(C)NC(=O)NC(=O)CSc1n[nH]c(-c2ccncc2)n1. The first-order valence-electron chi connectivity index (χ1n) is 6.60. The second-order valence-corrected chi connectivity index (χ2v) is 5.61. The zero-order valence-electron chi connectivity index (χ0n) is 12.2. The number of H-pyrrole nitrogens is 1. The van der Waals surface area contributed by atoms with Gasteiger partial charge in [-0.3, -0.25) is 20.2 Å². The number of pyridine rings is 1. The van der Waals surface area contributed by atoms with Crippen LogP contribution >= 0.6 is 11.8 Å². The summed E-state index contributed by atoms with van der Waals surface area (Å²) in [6, 6.07) is 3.07. The largest absolute Gasteiger partial charge is 0.336 e. The molecule has 3 amide bonds. The van der Waals surface area contributed by atoms with E-state index in [-0.39, 0.29) is 11.8 Å². The van der Waals surface area contributed by atoms with Crippen molar-refractivity contribution in [1.82, 2.24) is 30.8 Å². The number of rotatable bonds is 5. The van der Waals surface area contributed by atoms with E-state index in [0.717, 1.165) is 17.3 Å². The van der Waals surface area contributed by atoms with Gasteiger partial charge in [-0.05, 0) is 26.0 Å². The molecule has 2 rings (SSSR count). The van der Waals surface area contributed by atoms with Gasteiger partial charge in [0, 0.05) is 24.0 Å². The molecule has 8 nitrogen and oxygen atoms in total. The van der Waals surface area contributed by atoms with Crippen LogP contribution in [-0.4, -0.2) is 43.9 Å². The molecule has 0 unspecified atom stereocenters. The molecule has 0 aliphatic carbocycles. The van der Waals surface area contributed by atoms with Crippen molar-refractivity contribution in [1.29, 1.82) is 0 Å². The van der Waals surface area contributed by atoms with Gasteiger partial charge < -0.3 is 5.32 Å². The van der Waals surface area contributed by atoms with Gasteiger partial charge in [0.2, 0.25) is 11.1 Å². The number of hydrogen-bond acceptors (Lipinski definition) is 6. The van der Waals surface area contributed by atoms with E-state index in [1.165, 1.54) is 0 Å². The first-order valence-corrected chi connectivity index (χ1v) is 7.59. The van der Waals surface area contributed by atoms with Crippen molar-refractivity contribution >= 4 is 23.7 Å². The van der Waals surface area contributed by atoms with E-state index in [2.05, 4.69) is 30.8 Å². The Bertz CT molecular complexity index is 643. The van der Waals surface area contributed by atoms with Crippen LogP contribution in [0.1, 0.15) is 13.8 Å². The highest BCUT2D eigenvalue weighted by Crippen LogP contribution is 2.17. The van der Waals surface area contributed by atoms with Gasteiger partial charge in [0.25, 0.3) is 0 Å². The maximum absolute atomic E-state index is 11.6. The molecule has 116 valence electrons. The Hall–Kier alpha value is -2.42. The molecule has 0 atom stereocenters. The number of carbonyl (C=O) groups is 2. The molecule has 0 aliphatic heterocycles.